The lowest BCUT2D eigenvalue weighted by Crippen LogP contribution is -2.10. The minimum atomic E-state index is -0.530. The van der Waals surface area contributed by atoms with E-state index in [0.29, 0.717) is 22.9 Å². The molecule has 0 saturated heterocycles. The summed E-state index contributed by atoms with van der Waals surface area (Å²) in [4.78, 5) is 26.9. The molecule has 0 spiro atoms. The fourth-order valence-corrected chi connectivity index (χ4v) is 1.79. The molecule has 0 aliphatic carbocycles. The first-order chi connectivity index (χ1) is 11.6. The van der Waals surface area contributed by atoms with Crippen LogP contribution in [0.2, 0.25) is 0 Å². The highest BCUT2D eigenvalue weighted by molar-refractivity contribution is 5.99. The van der Waals surface area contributed by atoms with E-state index in [4.69, 9.17) is 10.5 Å². The molecule has 2 rings (SSSR count). The fraction of sp³-hybridized carbons (Fsp3) is 0.0556. The molecule has 0 saturated carbocycles. The first-order valence-electron chi connectivity index (χ1n) is 7.22. The van der Waals surface area contributed by atoms with Crippen molar-refractivity contribution in [3.63, 3.8) is 0 Å². The Bertz CT molecular complexity index is 780. The Morgan fingerprint density at radius 2 is 2.04 bits per heavy atom. The van der Waals surface area contributed by atoms with Crippen molar-refractivity contribution in [3.05, 3.63) is 72.5 Å². The smallest absolute Gasteiger partial charge is 0.248 e. The van der Waals surface area contributed by atoms with Crippen LogP contribution in [-0.2, 0) is 4.79 Å². The van der Waals surface area contributed by atoms with Gasteiger partial charge in [0.05, 0.1) is 11.9 Å². The van der Waals surface area contributed by atoms with Gasteiger partial charge in [0.1, 0.15) is 5.75 Å². The Labute approximate surface area is 139 Å². The largest absolute Gasteiger partial charge is 0.439 e. The van der Waals surface area contributed by atoms with Crippen molar-refractivity contribution in [2.24, 2.45) is 5.73 Å². The Morgan fingerprint density at radius 1 is 1.21 bits per heavy atom. The first-order valence-corrected chi connectivity index (χ1v) is 7.22. The molecule has 1 heterocycles. The molecule has 0 radical (unpaired) electrons. The fourth-order valence-electron chi connectivity index (χ4n) is 1.79. The number of benzene rings is 1. The van der Waals surface area contributed by atoms with E-state index in [2.05, 4.69) is 10.3 Å². The molecule has 0 aliphatic rings. The Hall–Kier alpha value is -3.41. The number of amides is 2. The molecule has 3 N–H and O–H groups in total. The molecular weight excluding hydrogens is 306 g/mol. The van der Waals surface area contributed by atoms with Gasteiger partial charge < -0.3 is 15.8 Å². The number of carbonyl (C=O) groups is 2. The first kappa shape index (κ1) is 17.0. The molecule has 6 nitrogen and oxygen atoms in total. The van der Waals surface area contributed by atoms with Gasteiger partial charge in [-0.3, -0.25) is 9.59 Å². The molecule has 122 valence electrons. The lowest BCUT2D eigenvalue weighted by Gasteiger charge is -2.07. The molecule has 2 aromatic rings. The number of hydrogen-bond acceptors (Lipinski definition) is 4. The lowest BCUT2D eigenvalue weighted by atomic mass is 10.2. The summed E-state index contributed by atoms with van der Waals surface area (Å²) in [6.45, 7) is 1.87. The summed E-state index contributed by atoms with van der Waals surface area (Å²) in [5.74, 6) is -0.000815. The van der Waals surface area contributed by atoms with Crippen molar-refractivity contribution in [2.45, 2.75) is 6.92 Å². The lowest BCUT2D eigenvalue weighted by molar-refractivity contribution is -0.111. The number of primary amides is 1. The second-order valence-electron chi connectivity index (χ2n) is 4.75. The van der Waals surface area contributed by atoms with Gasteiger partial charge in [-0.1, -0.05) is 24.3 Å². The number of rotatable bonds is 6. The number of aromatic nitrogens is 1. The number of allylic oxidation sites excluding steroid dienone is 3. The highest BCUT2D eigenvalue weighted by Gasteiger charge is 2.04. The number of pyridine rings is 1. The third-order valence-electron chi connectivity index (χ3n) is 2.90. The zero-order valence-corrected chi connectivity index (χ0v) is 13.1. The zero-order valence-electron chi connectivity index (χ0n) is 13.1. The summed E-state index contributed by atoms with van der Waals surface area (Å²) in [5.41, 5.74) is 6.12. The van der Waals surface area contributed by atoms with E-state index in [1.165, 1.54) is 18.3 Å². The van der Waals surface area contributed by atoms with Gasteiger partial charge in [0.25, 0.3) is 0 Å². The number of nitrogens with zero attached hydrogens (tertiary/aromatic N) is 1. The van der Waals surface area contributed by atoms with Crippen LogP contribution in [0.15, 0.2) is 66.9 Å². The molecule has 1 aromatic heterocycles. The zero-order chi connectivity index (χ0) is 17.4. The molecule has 1 aromatic carbocycles. The topological polar surface area (TPSA) is 94.3 Å². The minimum absolute atomic E-state index is 0.252. The van der Waals surface area contributed by atoms with Crippen LogP contribution in [0.5, 0.6) is 11.6 Å². The van der Waals surface area contributed by atoms with Gasteiger partial charge in [-0.05, 0) is 31.2 Å². The van der Waals surface area contributed by atoms with Crippen LogP contribution in [0.25, 0.3) is 0 Å². The molecule has 6 heteroatoms. The van der Waals surface area contributed by atoms with Crippen LogP contribution in [-0.4, -0.2) is 16.8 Å². The molecule has 0 fully saturated rings. The molecule has 0 bridgehead atoms. The van der Waals surface area contributed by atoms with Crippen LogP contribution < -0.4 is 15.8 Å². The Kier molecular flexibility index (Phi) is 5.85. The number of carbonyl (C=O) groups excluding carboxylic acids is 2. The summed E-state index contributed by atoms with van der Waals surface area (Å²) in [6, 6.07) is 9.77. The molecular formula is C18H17N3O3. The van der Waals surface area contributed by atoms with Gasteiger partial charge in [0, 0.05) is 17.7 Å². The third-order valence-corrected chi connectivity index (χ3v) is 2.90. The predicted molar refractivity (Wildman–Crippen MR) is 91.9 cm³/mol. The molecule has 2 amide bonds. The summed E-state index contributed by atoms with van der Waals surface area (Å²) in [6.07, 6.45) is 8.13. The van der Waals surface area contributed by atoms with Crippen LogP contribution in [0.3, 0.4) is 0 Å². The van der Waals surface area contributed by atoms with Gasteiger partial charge >= 0.3 is 0 Å². The van der Waals surface area contributed by atoms with Crippen molar-refractivity contribution in [2.75, 3.05) is 5.32 Å². The number of hydrogen-bond donors (Lipinski definition) is 2. The maximum Gasteiger partial charge on any atom is 0.248 e. The predicted octanol–water partition coefficient (Wildman–Crippen LogP) is 3.04. The Morgan fingerprint density at radius 3 is 2.71 bits per heavy atom. The molecule has 0 atom stereocenters. The number of nitrogens with one attached hydrogen (secondary N) is 1. The summed E-state index contributed by atoms with van der Waals surface area (Å²) >= 11 is 0. The van der Waals surface area contributed by atoms with Gasteiger partial charge in [0.2, 0.25) is 17.7 Å². The Balaban J connectivity index is 2.00. The number of ether oxygens (including phenoxy) is 1. The molecule has 0 aliphatic heterocycles. The van der Waals surface area contributed by atoms with Gasteiger partial charge in [0.15, 0.2) is 0 Å². The van der Waals surface area contributed by atoms with Crippen molar-refractivity contribution < 1.29 is 14.3 Å². The quantitative estimate of drug-likeness (QED) is 0.631. The van der Waals surface area contributed by atoms with Crippen LogP contribution in [0.1, 0.15) is 17.3 Å². The standard InChI is InChI=1S/C18H17N3O3/c1-2-3-4-8-16(22)21-14-9-10-17(20-12-14)24-15-7-5-6-13(11-15)18(19)23/h2-12H,1H3,(H2,19,23)(H,21,22). The monoisotopic (exact) mass is 323 g/mol. The highest BCUT2D eigenvalue weighted by Crippen LogP contribution is 2.21. The van der Waals surface area contributed by atoms with Crippen molar-refractivity contribution in [1.82, 2.24) is 4.98 Å². The van der Waals surface area contributed by atoms with E-state index in [0.717, 1.165) is 0 Å². The summed E-state index contributed by atoms with van der Waals surface area (Å²) in [7, 11) is 0. The molecule has 24 heavy (non-hydrogen) atoms. The van der Waals surface area contributed by atoms with Crippen LogP contribution in [0, 0.1) is 0 Å². The van der Waals surface area contributed by atoms with Gasteiger partial charge in [-0.15, -0.1) is 0 Å². The number of nitrogens with two attached hydrogens (primary N) is 1. The minimum Gasteiger partial charge on any atom is -0.439 e. The maximum atomic E-state index is 11.6. The van der Waals surface area contributed by atoms with E-state index in [1.807, 2.05) is 13.0 Å². The van der Waals surface area contributed by atoms with E-state index >= 15 is 0 Å². The normalized spacial score (nSPS) is 10.9. The van der Waals surface area contributed by atoms with Crippen molar-refractivity contribution in [3.8, 4) is 11.6 Å². The second-order valence-corrected chi connectivity index (χ2v) is 4.75. The van der Waals surface area contributed by atoms with E-state index in [1.54, 1.807) is 42.5 Å². The van der Waals surface area contributed by atoms with Crippen LogP contribution >= 0.6 is 0 Å². The van der Waals surface area contributed by atoms with E-state index in [9.17, 15) is 9.59 Å². The van der Waals surface area contributed by atoms with Crippen molar-refractivity contribution in [1.29, 1.82) is 0 Å². The average Bonchev–Trinajstić information content (AvgIpc) is 2.57. The second kappa shape index (κ2) is 8.28. The van der Waals surface area contributed by atoms with Crippen LogP contribution in [0.4, 0.5) is 5.69 Å². The molecule has 0 unspecified atom stereocenters. The van der Waals surface area contributed by atoms with Gasteiger partial charge in [-0.2, -0.15) is 0 Å². The average molecular weight is 323 g/mol. The van der Waals surface area contributed by atoms with E-state index < -0.39 is 5.91 Å². The number of anilines is 1. The third kappa shape index (κ3) is 5.10. The SMILES string of the molecule is CC=CC=CC(=O)Nc1ccc(Oc2cccc(C(N)=O)c2)nc1. The van der Waals surface area contributed by atoms with Gasteiger partial charge in [-0.25, -0.2) is 4.98 Å². The van der Waals surface area contributed by atoms with E-state index in [-0.39, 0.29) is 5.91 Å². The summed E-state index contributed by atoms with van der Waals surface area (Å²) in [5, 5.41) is 2.68. The highest BCUT2D eigenvalue weighted by atomic mass is 16.5. The summed E-state index contributed by atoms with van der Waals surface area (Å²) < 4.78 is 5.55. The van der Waals surface area contributed by atoms with Crippen molar-refractivity contribution >= 4 is 17.5 Å². The maximum absolute atomic E-state index is 11.6.